The number of benzene rings is 2. The Balaban J connectivity index is 0.000000693. The van der Waals surface area contributed by atoms with Gasteiger partial charge in [0.15, 0.2) is 0 Å². The molecule has 4 nitrogen and oxygen atoms in total. The van der Waals surface area contributed by atoms with Gasteiger partial charge in [-0.3, -0.25) is 0 Å². The summed E-state index contributed by atoms with van der Waals surface area (Å²) in [7, 11) is 1.94. The van der Waals surface area contributed by atoms with Crippen molar-refractivity contribution < 1.29 is 0 Å². The Bertz CT molecular complexity index is 789. The smallest absolute Gasteiger partial charge is 0.123 e. The number of para-hydroxylation sites is 1. The minimum Gasteiger partial charge on any atom is -0.380 e. The van der Waals surface area contributed by atoms with Crippen molar-refractivity contribution in [2.45, 2.75) is 20.4 Å². The monoisotopic (exact) mass is 292 g/mol. The molecule has 0 radical (unpaired) electrons. The molecule has 2 aromatic carbocycles. The van der Waals surface area contributed by atoms with Crippen LogP contribution in [0.1, 0.15) is 19.4 Å². The number of rotatable bonds is 0. The van der Waals surface area contributed by atoms with E-state index in [1.807, 2.05) is 37.7 Å². The number of fused-ring (bicyclic) bond motifs is 5. The van der Waals surface area contributed by atoms with Gasteiger partial charge in [-0.2, -0.15) is 0 Å². The largest absolute Gasteiger partial charge is 0.380 e. The van der Waals surface area contributed by atoms with E-state index in [0.717, 1.165) is 29.2 Å². The highest BCUT2D eigenvalue weighted by Gasteiger charge is 2.21. The maximum absolute atomic E-state index is 4.37. The molecule has 2 heterocycles. The first kappa shape index (κ1) is 14.3. The number of nitrogens with one attached hydrogen (secondary N) is 1. The molecule has 3 aromatic rings. The van der Waals surface area contributed by atoms with Crippen molar-refractivity contribution in [1.82, 2.24) is 15.0 Å². The predicted octanol–water partition coefficient (Wildman–Crippen LogP) is 4.10. The van der Waals surface area contributed by atoms with E-state index in [2.05, 4.69) is 52.0 Å². The number of aryl methyl sites for hydroxylation is 1. The van der Waals surface area contributed by atoms with Crippen molar-refractivity contribution in [2.75, 3.05) is 5.32 Å². The summed E-state index contributed by atoms with van der Waals surface area (Å²) in [5.74, 6) is 0. The van der Waals surface area contributed by atoms with Gasteiger partial charge in [0.05, 0.1) is 5.69 Å². The molecular formula is C18H20N4. The van der Waals surface area contributed by atoms with E-state index >= 15 is 0 Å². The Morgan fingerprint density at radius 2 is 1.64 bits per heavy atom. The number of anilines is 1. The maximum Gasteiger partial charge on any atom is 0.123 e. The van der Waals surface area contributed by atoms with E-state index in [9.17, 15) is 0 Å². The summed E-state index contributed by atoms with van der Waals surface area (Å²) in [4.78, 5) is 0. The lowest BCUT2D eigenvalue weighted by Crippen LogP contribution is -2.07. The molecule has 112 valence electrons. The van der Waals surface area contributed by atoms with Crippen molar-refractivity contribution in [3.05, 3.63) is 54.1 Å². The zero-order chi connectivity index (χ0) is 15.5. The third-order valence-electron chi connectivity index (χ3n) is 3.75. The molecule has 1 aromatic heterocycles. The zero-order valence-corrected chi connectivity index (χ0v) is 13.2. The average molecular weight is 292 g/mol. The van der Waals surface area contributed by atoms with Gasteiger partial charge in [-0.15, -0.1) is 5.10 Å². The lowest BCUT2D eigenvalue weighted by Gasteiger charge is -2.18. The summed E-state index contributed by atoms with van der Waals surface area (Å²) < 4.78 is 1.86. The van der Waals surface area contributed by atoms with E-state index in [4.69, 9.17) is 0 Å². The van der Waals surface area contributed by atoms with Gasteiger partial charge in [-0.1, -0.05) is 61.5 Å². The minimum atomic E-state index is 0.803. The molecule has 0 atom stereocenters. The third-order valence-corrected chi connectivity index (χ3v) is 3.75. The molecule has 0 aliphatic carbocycles. The van der Waals surface area contributed by atoms with Crippen molar-refractivity contribution in [1.29, 1.82) is 0 Å². The highest BCUT2D eigenvalue weighted by Crippen LogP contribution is 2.37. The van der Waals surface area contributed by atoms with Gasteiger partial charge in [0.25, 0.3) is 0 Å². The molecule has 0 bridgehead atoms. The van der Waals surface area contributed by atoms with Crippen LogP contribution in [-0.4, -0.2) is 15.0 Å². The Hall–Kier alpha value is -2.62. The standard InChI is InChI=1S/C16H14N4.C2H6/c1-20-16-12-7-3-2-6-11(12)10-17-14-9-5-4-8-13(14)15(16)18-19-20;1-2/h2-9,17H,10H2,1H3;1-2H3. The van der Waals surface area contributed by atoms with Crippen molar-refractivity contribution >= 4 is 5.69 Å². The van der Waals surface area contributed by atoms with Crippen molar-refractivity contribution in [3.8, 4) is 22.5 Å². The Morgan fingerprint density at radius 3 is 2.45 bits per heavy atom. The zero-order valence-electron chi connectivity index (χ0n) is 13.2. The molecule has 1 aliphatic heterocycles. The van der Waals surface area contributed by atoms with Crippen LogP contribution in [0.5, 0.6) is 0 Å². The third kappa shape index (κ3) is 2.26. The van der Waals surface area contributed by atoms with E-state index in [0.29, 0.717) is 0 Å². The van der Waals surface area contributed by atoms with Gasteiger partial charge < -0.3 is 5.32 Å². The molecule has 0 amide bonds. The highest BCUT2D eigenvalue weighted by molar-refractivity contribution is 5.87. The van der Waals surface area contributed by atoms with Crippen LogP contribution in [0.4, 0.5) is 5.69 Å². The number of nitrogens with zero attached hydrogens (tertiary/aromatic N) is 3. The summed E-state index contributed by atoms with van der Waals surface area (Å²) in [5, 5.41) is 12.1. The molecule has 0 saturated heterocycles. The fourth-order valence-corrected chi connectivity index (χ4v) is 2.78. The lowest BCUT2D eigenvalue weighted by atomic mass is 9.97. The van der Waals surface area contributed by atoms with Crippen LogP contribution in [0, 0.1) is 0 Å². The van der Waals surface area contributed by atoms with Gasteiger partial charge in [0.2, 0.25) is 0 Å². The average Bonchev–Trinajstić information content (AvgIpc) is 2.94. The van der Waals surface area contributed by atoms with Gasteiger partial charge in [-0.05, 0) is 11.6 Å². The van der Waals surface area contributed by atoms with Crippen LogP contribution in [-0.2, 0) is 13.6 Å². The van der Waals surface area contributed by atoms with Gasteiger partial charge >= 0.3 is 0 Å². The van der Waals surface area contributed by atoms with Crippen LogP contribution >= 0.6 is 0 Å². The quantitative estimate of drug-likeness (QED) is 0.678. The fourth-order valence-electron chi connectivity index (χ4n) is 2.78. The minimum absolute atomic E-state index is 0.803. The summed E-state index contributed by atoms with van der Waals surface area (Å²) >= 11 is 0. The molecule has 1 N–H and O–H groups in total. The van der Waals surface area contributed by atoms with Gasteiger partial charge in [0, 0.05) is 30.4 Å². The molecule has 0 fully saturated rings. The van der Waals surface area contributed by atoms with Crippen LogP contribution in [0.2, 0.25) is 0 Å². The van der Waals surface area contributed by atoms with E-state index < -0.39 is 0 Å². The van der Waals surface area contributed by atoms with E-state index in [1.165, 1.54) is 11.1 Å². The summed E-state index contributed by atoms with van der Waals surface area (Å²) in [6.45, 7) is 4.80. The Labute approximate surface area is 130 Å². The fraction of sp³-hybridized carbons (Fsp3) is 0.222. The molecule has 0 saturated carbocycles. The van der Waals surface area contributed by atoms with E-state index in [-0.39, 0.29) is 0 Å². The van der Waals surface area contributed by atoms with Gasteiger partial charge in [0.1, 0.15) is 5.69 Å². The first-order chi connectivity index (χ1) is 10.8. The molecule has 22 heavy (non-hydrogen) atoms. The van der Waals surface area contributed by atoms with Crippen molar-refractivity contribution in [3.63, 3.8) is 0 Å². The topological polar surface area (TPSA) is 42.7 Å². The number of hydrogen-bond acceptors (Lipinski definition) is 3. The van der Waals surface area contributed by atoms with Crippen LogP contribution in [0.3, 0.4) is 0 Å². The van der Waals surface area contributed by atoms with Crippen LogP contribution in [0.25, 0.3) is 22.5 Å². The first-order valence-corrected chi connectivity index (χ1v) is 7.66. The first-order valence-electron chi connectivity index (χ1n) is 7.66. The predicted molar refractivity (Wildman–Crippen MR) is 90.5 cm³/mol. The number of hydrogen-bond donors (Lipinski definition) is 1. The van der Waals surface area contributed by atoms with Crippen LogP contribution < -0.4 is 5.32 Å². The maximum atomic E-state index is 4.37. The van der Waals surface area contributed by atoms with Crippen LogP contribution in [0.15, 0.2) is 48.5 Å². The second-order valence-electron chi connectivity index (χ2n) is 4.97. The Morgan fingerprint density at radius 1 is 0.955 bits per heavy atom. The molecule has 4 rings (SSSR count). The van der Waals surface area contributed by atoms with Gasteiger partial charge in [-0.25, -0.2) is 4.68 Å². The second kappa shape index (κ2) is 6.02. The lowest BCUT2D eigenvalue weighted by molar-refractivity contribution is 0.720. The van der Waals surface area contributed by atoms with Crippen molar-refractivity contribution in [2.24, 2.45) is 7.05 Å². The molecule has 1 aliphatic rings. The molecular weight excluding hydrogens is 272 g/mol. The number of aromatic nitrogens is 3. The molecule has 4 heteroatoms. The molecule has 0 unspecified atom stereocenters. The van der Waals surface area contributed by atoms with E-state index in [1.54, 1.807) is 0 Å². The summed E-state index contributed by atoms with van der Waals surface area (Å²) in [6, 6.07) is 16.6. The normalized spacial score (nSPS) is 11.6. The summed E-state index contributed by atoms with van der Waals surface area (Å²) in [5.41, 5.74) is 6.66. The SMILES string of the molecule is CC.Cn1nnc2c1-c1ccccc1CNc1ccccc1-2. The summed E-state index contributed by atoms with van der Waals surface area (Å²) in [6.07, 6.45) is 0. The Kier molecular flexibility index (Phi) is 3.92. The highest BCUT2D eigenvalue weighted by atomic mass is 15.4. The molecule has 0 spiro atoms. The second-order valence-corrected chi connectivity index (χ2v) is 4.97.